The monoisotopic (exact) mass is 437 g/mol. The highest BCUT2D eigenvalue weighted by Crippen LogP contribution is 2.38. The average Bonchev–Trinajstić information content (AvgIpc) is 2.78. The van der Waals surface area contributed by atoms with Crippen LogP contribution in [-0.2, 0) is 21.1 Å². The molecular formula is C24H27N3O3S. The number of amides is 1. The van der Waals surface area contributed by atoms with Gasteiger partial charge in [-0.25, -0.2) is 8.42 Å². The Kier molecular flexibility index (Phi) is 5.71. The number of nitrogens with two attached hydrogens (primary N) is 1. The number of aromatic nitrogens is 1. The predicted molar refractivity (Wildman–Crippen MR) is 122 cm³/mol. The van der Waals surface area contributed by atoms with Crippen LogP contribution in [0.15, 0.2) is 58.5 Å². The second kappa shape index (κ2) is 8.30. The zero-order chi connectivity index (χ0) is 22.2. The number of carbonyl (C=O) groups is 1. The van der Waals surface area contributed by atoms with E-state index in [9.17, 15) is 13.2 Å². The quantitative estimate of drug-likeness (QED) is 0.658. The van der Waals surface area contributed by atoms with E-state index in [1.807, 2.05) is 25.1 Å². The van der Waals surface area contributed by atoms with Crippen molar-refractivity contribution in [3.63, 3.8) is 0 Å². The molecule has 0 saturated carbocycles. The van der Waals surface area contributed by atoms with E-state index in [0.29, 0.717) is 31.6 Å². The van der Waals surface area contributed by atoms with Crippen molar-refractivity contribution in [2.45, 2.75) is 42.9 Å². The molecule has 162 valence electrons. The number of hydrogen-bond donors (Lipinski definition) is 1. The van der Waals surface area contributed by atoms with Crippen LogP contribution in [0.1, 0.15) is 30.9 Å². The summed E-state index contributed by atoms with van der Waals surface area (Å²) in [5, 5.41) is 0.824. The van der Waals surface area contributed by atoms with Crippen LogP contribution in [-0.4, -0.2) is 32.4 Å². The van der Waals surface area contributed by atoms with Crippen LogP contribution >= 0.6 is 0 Å². The molecular weight excluding hydrogens is 410 g/mol. The first-order chi connectivity index (χ1) is 14.8. The van der Waals surface area contributed by atoms with Crippen LogP contribution < -0.4 is 10.6 Å². The number of piperidine rings is 1. The zero-order valence-electron chi connectivity index (χ0n) is 17.8. The van der Waals surface area contributed by atoms with E-state index in [4.69, 9.17) is 5.73 Å². The minimum atomic E-state index is -3.77. The van der Waals surface area contributed by atoms with Crippen LogP contribution in [0.4, 0.5) is 5.69 Å². The van der Waals surface area contributed by atoms with Crippen molar-refractivity contribution in [2.24, 2.45) is 11.7 Å². The molecule has 2 aromatic carbocycles. The highest BCUT2D eigenvalue weighted by molar-refractivity contribution is 7.91. The van der Waals surface area contributed by atoms with Gasteiger partial charge in [0.15, 0.2) is 0 Å². The molecule has 1 aromatic heterocycles. The van der Waals surface area contributed by atoms with Crippen molar-refractivity contribution in [1.29, 1.82) is 0 Å². The van der Waals surface area contributed by atoms with Crippen LogP contribution in [0.25, 0.3) is 10.9 Å². The Balaban J connectivity index is 1.90. The van der Waals surface area contributed by atoms with Gasteiger partial charge in [-0.2, -0.15) is 0 Å². The van der Waals surface area contributed by atoms with Crippen molar-refractivity contribution in [3.05, 3.63) is 59.8 Å². The van der Waals surface area contributed by atoms with Crippen LogP contribution in [0, 0.1) is 12.8 Å². The molecule has 0 unspecified atom stereocenters. The largest absolute Gasteiger partial charge is 0.370 e. The Hall–Kier alpha value is -2.93. The van der Waals surface area contributed by atoms with Crippen LogP contribution in [0.5, 0.6) is 0 Å². The lowest BCUT2D eigenvalue weighted by Crippen LogP contribution is -2.39. The number of anilines is 1. The molecule has 1 saturated heterocycles. The van der Waals surface area contributed by atoms with Crippen molar-refractivity contribution in [3.8, 4) is 0 Å². The topological polar surface area (TPSA) is 93.4 Å². The van der Waals surface area contributed by atoms with Gasteiger partial charge in [0.2, 0.25) is 15.7 Å². The molecule has 2 N–H and O–H groups in total. The second-order valence-electron chi connectivity index (χ2n) is 8.16. The third kappa shape index (κ3) is 4.02. The Bertz CT molecular complexity index is 1230. The Morgan fingerprint density at radius 3 is 2.42 bits per heavy atom. The van der Waals surface area contributed by atoms with E-state index >= 15 is 0 Å². The molecule has 2 heterocycles. The minimum absolute atomic E-state index is 0.173. The number of benzene rings is 2. The standard InChI is InChI=1S/C24H27N3O3S/c1-3-17-6-9-21-20(14-17)23(27-12-10-18(11-13-27)24(25)28)22(15-26-21)31(29,30)19-7-4-16(2)5-8-19/h4-9,14-15,18H,3,10-13H2,1-2H3,(H2,25,28). The van der Waals surface area contributed by atoms with E-state index < -0.39 is 9.84 Å². The minimum Gasteiger partial charge on any atom is -0.370 e. The molecule has 0 aliphatic carbocycles. The number of hydrogen-bond acceptors (Lipinski definition) is 5. The van der Waals surface area contributed by atoms with E-state index in [1.54, 1.807) is 24.3 Å². The number of carbonyl (C=O) groups excluding carboxylic acids is 1. The lowest BCUT2D eigenvalue weighted by atomic mass is 9.95. The smallest absolute Gasteiger partial charge is 0.220 e. The van der Waals surface area contributed by atoms with E-state index in [0.717, 1.165) is 28.5 Å². The van der Waals surface area contributed by atoms with Crippen molar-refractivity contribution < 1.29 is 13.2 Å². The molecule has 0 atom stereocenters. The second-order valence-corrected chi connectivity index (χ2v) is 10.1. The van der Waals surface area contributed by atoms with Gasteiger partial charge in [0.25, 0.3) is 0 Å². The number of sulfone groups is 1. The SMILES string of the molecule is CCc1ccc2ncc(S(=O)(=O)c3ccc(C)cc3)c(N3CCC(C(N)=O)CC3)c2c1. The number of rotatable bonds is 5. The first-order valence-corrected chi connectivity index (χ1v) is 12.1. The van der Waals surface area contributed by atoms with Gasteiger partial charge in [0.05, 0.1) is 16.1 Å². The normalized spacial score (nSPS) is 15.4. The third-order valence-corrected chi connectivity index (χ3v) is 7.88. The number of fused-ring (bicyclic) bond motifs is 1. The fourth-order valence-electron chi connectivity index (χ4n) is 4.18. The summed E-state index contributed by atoms with van der Waals surface area (Å²) in [4.78, 5) is 18.6. The van der Waals surface area contributed by atoms with Crippen LogP contribution in [0.2, 0.25) is 0 Å². The third-order valence-electron chi connectivity index (χ3n) is 6.11. The maximum absolute atomic E-state index is 13.6. The fraction of sp³-hybridized carbons (Fsp3) is 0.333. The van der Waals surface area contributed by atoms with Gasteiger partial charge in [0, 0.05) is 30.6 Å². The summed E-state index contributed by atoms with van der Waals surface area (Å²) in [6.07, 6.45) is 3.53. The molecule has 1 aliphatic heterocycles. The van der Waals surface area contributed by atoms with Crippen molar-refractivity contribution >= 4 is 32.3 Å². The molecule has 0 radical (unpaired) electrons. The summed E-state index contributed by atoms with van der Waals surface area (Å²) in [5.41, 5.74) is 9.05. The molecule has 1 aliphatic rings. The van der Waals surface area contributed by atoms with Gasteiger partial charge in [-0.1, -0.05) is 30.7 Å². The van der Waals surface area contributed by atoms with E-state index in [2.05, 4.69) is 16.8 Å². The van der Waals surface area contributed by atoms with E-state index in [-0.39, 0.29) is 21.6 Å². The summed E-state index contributed by atoms with van der Waals surface area (Å²) in [5.74, 6) is -0.465. The lowest BCUT2D eigenvalue weighted by molar-refractivity contribution is -0.122. The fourth-order valence-corrected chi connectivity index (χ4v) is 5.62. The number of primary amides is 1. The average molecular weight is 438 g/mol. The Morgan fingerprint density at radius 2 is 1.81 bits per heavy atom. The summed E-state index contributed by atoms with van der Waals surface area (Å²) >= 11 is 0. The maximum Gasteiger partial charge on any atom is 0.220 e. The number of pyridine rings is 1. The molecule has 7 heteroatoms. The first-order valence-electron chi connectivity index (χ1n) is 10.6. The van der Waals surface area contributed by atoms with Gasteiger partial charge < -0.3 is 10.6 Å². The number of aryl methyl sites for hydroxylation is 2. The molecule has 0 bridgehead atoms. The first kappa shape index (κ1) is 21.3. The van der Waals surface area contributed by atoms with Crippen LogP contribution in [0.3, 0.4) is 0 Å². The Labute approximate surface area is 183 Å². The lowest BCUT2D eigenvalue weighted by Gasteiger charge is -2.34. The summed E-state index contributed by atoms with van der Waals surface area (Å²) in [6, 6.07) is 12.9. The maximum atomic E-state index is 13.6. The highest BCUT2D eigenvalue weighted by Gasteiger charge is 2.30. The number of nitrogens with zero attached hydrogens (tertiary/aromatic N) is 2. The molecule has 1 amide bonds. The summed E-state index contributed by atoms with van der Waals surface area (Å²) in [6.45, 7) is 5.13. The van der Waals surface area contributed by atoms with Gasteiger partial charge >= 0.3 is 0 Å². The van der Waals surface area contributed by atoms with Gasteiger partial charge in [-0.15, -0.1) is 0 Å². The van der Waals surface area contributed by atoms with Crippen molar-refractivity contribution in [1.82, 2.24) is 4.98 Å². The zero-order valence-corrected chi connectivity index (χ0v) is 18.7. The molecule has 1 fully saturated rings. The molecule has 0 spiro atoms. The van der Waals surface area contributed by atoms with Gasteiger partial charge in [-0.3, -0.25) is 9.78 Å². The summed E-state index contributed by atoms with van der Waals surface area (Å²) in [7, 11) is -3.77. The molecule has 6 nitrogen and oxygen atoms in total. The van der Waals surface area contributed by atoms with Gasteiger partial charge in [0.1, 0.15) is 4.90 Å². The molecule has 3 aromatic rings. The predicted octanol–water partition coefficient (Wildman–Crippen LogP) is 3.64. The summed E-state index contributed by atoms with van der Waals surface area (Å²) < 4.78 is 27.3. The Morgan fingerprint density at radius 1 is 1.13 bits per heavy atom. The van der Waals surface area contributed by atoms with E-state index in [1.165, 1.54) is 6.20 Å². The van der Waals surface area contributed by atoms with Crippen molar-refractivity contribution in [2.75, 3.05) is 18.0 Å². The van der Waals surface area contributed by atoms with Gasteiger partial charge in [-0.05, 0) is 56.0 Å². The molecule has 31 heavy (non-hydrogen) atoms. The molecule has 4 rings (SSSR count). The highest BCUT2D eigenvalue weighted by atomic mass is 32.2.